The van der Waals surface area contributed by atoms with Crippen LogP contribution in [0.5, 0.6) is 5.75 Å². The molecule has 0 fully saturated rings. The van der Waals surface area contributed by atoms with Crippen molar-refractivity contribution in [2.24, 2.45) is 0 Å². The van der Waals surface area contributed by atoms with Crippen LogP contribution in [0, 0.1) is 0 Å². The Morgan fingerprint density at radius 2 is 1.43 bits per heavy atom. The zero-order chi connectivity index (χ0) is 15.0. The van der Waals surface area contributed by atoms with Crippen molar-refractivity contribution in [3.63, 3.8) is 0 Å². The molecule has 0 unspecified atom stereocenters. The predicted molar refractivity (Wildman–Crippen MR) is 88.4 cm³/mol. The third-order valence-electron chi connectivity index (χ3n) is 3.79. The van der Waals surface area contributed by atoms with Gasteiger partial charge >= 0.3 is 0 Å². The maximum Gasteiger partial charge on any atom is 0.140 e. The van der Waals surface area contributed by atoms with Gasteiger partial charge in [0.2, 0.25) is 0 Å². The lowest BCUT2D eigenvalue weighted by Gasteiger charge is -2.28. The van der Waals surface area contributed by atoms with Gasteiger partial charge in [0, 0.05) is 5.56 Å². The van der Waals surface area contributed by atoms with Crippen LogP contribution in [0.4, 0.5) is 5.69 Å². The molecule has 0 spiro atoms. The van der Waals surface area contributed by atoms with Crippen molar-refractivity contribution >= 4 is 16.5 Å². The first kappa shape index (κ1) is 13.7. The SMILES string of the molecule is C[N+](C)(C)c1ccccc1-c1c([O-])ccc2ccccc12. The molecule has 3 rings (SSSR count). The number of benzene rings is 3. The minimum Gasteiger partial charge on any atom is -0.872 e. The molecule has 0 aliphatic rings. The molecule has 2 heteroatoms. The molecule has 3 aromatic carbocycles. The average Bonchev–Trinajstić information content (AvgIpc) is 2.46. The molecule has 0 atom stereocenters. The van der Waals surface area contributed by atoms with Gasteiger partial charge in [0.05, 0.1) is 21.1 Å². The fourth-order valence-corrected chi connectivity index (χ4v) is 2.80. The van der Waals surface area contributed by atoms with Crippen LogP contribution in [-0.2, 0) is 0 Å². The van der Waals surface area contributed by atoms with E-state index in [2.05, 4.69) is 27.2 Å². The molecule has 0 amide bonds. The second-order valence-corrected chi connectivity index (χ2v) is 6.19. The second kappa shape index (κ2) is 4.90. The third kappa shape index (κ3) is 2.39. The molecule has 0 radical (unpaired) electrons. The zero-order valence-electron chi connectivity index (χ0n) is 12.6. The van der Waals surface area contributed by atoms with Crippen LogP contribution in [0.25, 0.3) is 21.9 Å². The Kier molecular flexibility index (Phi) is 3.19. The van der Waals surface area contributed by atoms with Crippen LogP contribution < -0.4 is 9.59 Å². The van der Waals surface area contributed by atoms with E-state index in [0.29, 0.717) is 4.48 Å². The van der Waals surface area contributed by atoms with E-state index < -0.39 is 0 Å². The molecule has 3 aromatic rings. The number of rotatable bonds is 2. The highest BCUT2D eigenvalue weighted by atomic mass is 16.3. The van der Waals surface area contributed by atoms with Gasteiger partial charge in [-0.05, 0) is 28.5 Å². The lowest BCUT2D eigenvalue weighted by Crippen LogP contribution is -2.35. The van der Waals surface area contributed by atoms with Gasteiger partial charge in [0.15, 0.2) is 0 Å². The Morgan fingerprint density at radius 3 is 2.19 bits per heavy atom. The summed E-state index contributed by atoms with van der Waals surface area (Å²) in [5.74, 6) is 0.0783. The fourth-order valence-electron chi connectivity index (χ4n) is 2.80. The van der Waals surface area contributed by atoms with Gasteiger partial charge in [-0.3, -0.25) is 4.48 Å². The van der Waals surface area contributed by atoms with E-state index in [9.17, 15) is 5.11 Å². The minimum absolute atomic E-state index is 0.0783. The van der Waals surface area contributed by atoms with Crippen molar-refractivity contribution in [1.82, 2.24) is 4.48 Å². The molecule has 106 valence electrons. The normalized spacial score (nSPS) is 11.8. The molecule has 0 heterocycles. The highest BCUT2D eigenvalue weighted by Crippen LogP contribution is 2.40. The molecule has 0 aliphatic heterocycles. The summed E-state index contributed by atoms with van der Waals surface area (Å²) >= 11 is 0. The van der Waals surface area contributed by atoms with E-state index in [1.165, 1.54) is 0 Å². The molecule has 0 bridgehead atoms. The largest absolute Gasteiger partial charge is 0.872 e. The van der Waals surface area contributed by atoms with Crippen molar-refractivity contribution in [3.8, 4) is 16.9 Å². The van der Waals surface area contributed by atoms with E-state index in [4.69, 9.17) is 0 Å². The van der Waals surface area contributed by atoms with Crippen molar-refractivity contribution in [3.05, 3.63) is 60.7 Å². The molecule has 21 heavy (non-hydrogen) atoms. The first-order valence-electron chi connectivity index (χ1n) is 7.08. The van der Waals surface area contributed by atoms with Gasteiger partial charge in [0.25, 0.3) is 0 Å². The van der Waals surface area contributed by atoms with Crippen molar-refractivity contribution < 1.29 is 5.11 Å². The summed E-state index contributed by atoms with van der Waals surface area (Å²) in [6.45, 7) is 0. The molecular formula is C19H19NO. The summed E-state index contributed by atoms with van der Waals surface area (Å²) in [6.07, 6.45) is 0. The fraction of sp³-hybridized carbons (Fsp3) is 0.158. The highest BCUT2D eigenvalue weighted by molar-refractivity contribution is 6.02. The molecule has 0 aliphatic carbocycles. The number of hydrogen-bond acceptors (Lipinski definition) is 1. The maximum absolute atomic E-state index is 12.5. The molecule has 0 N–H and O–H groups in total. The van der Waals surface area contributed by atoms with Crippen molar-refractivity contribution in [1.29, 1.82) is 0 Å². The van der Waals surface area contributed by atoms with Gasteiger partial charge in [-0.25, -0.2) is 0 Å². The number of para-hydroxylation sites is 1. The molecule has 2 nitrogen and oxygen atoms in total. The molecule has 0 saturated heterocycles. The van der Waals surface area contributed by atoms with Crippen LogP contribution in [0.1, 0.15) is 0 Å². The maximum atomic E-state index is 12.5. The third-order valence-corrected chi connectivity index (χ3v) is 3.79. The first-order chi connectivity index (χ1) is 9.98. The lowest BCUT2D eigenvalue weighted by atomic mass is 9.95. The summed E-state index contributed by atoms with van der Waals surface area (Å²) in [5, 5.41) is 14.6. The van der Waals surface area contributed by atoms with Gasteiger partial charge in [-0.1, -0.05) is 48.5 Å². The summed E-state index contributed by atoms with van der Waals surface area (Å²) in [7, 11) is 6.36. The average molecular weight is 277 g/mol. The quantitative estimate of drug-likeness (QED) is 0.654. The van der Waals surface area contributed by atoms with E-state index in [0.717, 1.165) is 27.6 Å². The van der Waals surface area contributed by atoms with Gasteiger partial charge in [0.1, 0.15) is 5.69 Å². The number of nitrogens with zero attached hydrogens (tertiary/aromatic N) is 1. The van der Waals surface area contributed by atoms with E-state index in [1.807, 2.05) is 48.5 Å². The Hall–Kier alpha value is -2.32. The first-order valence-corrected chi connectivity index (χ1v) is 7.08. The topological polar surface area (TPSA) is 23.1 Å². The van der Waals surface area contributed by atoms with Crippen molar-refractivity contribution in [2.45, 2.75) is 0 Å². The number of quaternary nitrogens is 1. The molecule has 0 aromatic heterocycles. The Morgan fingerprint density at radius 1 is 0.762 bits per heavy atom. The molecular weight excluding hydrogens is 258 g/mol. The van der Waals surface area contributed by atoms with Crippen molar-refractivity contribution in [2.75, 3.05) is 21.1 Å². The van der Waals surface area contributed by atoms with Crippen LogP contribution in [0.15, 0.2) is 60.7 Å². The summed E-state index contributed by atoms with van der Waals surface area (Å²) in [6, 6.07) is 19.8. The van der Waals surface area contributed by atoms with Crippen LogP contribution in [0.3, 0.4) is 0 Å². The number of fused-ring (bicyclic) bond motifs is 1. The highest BCUT2D eigenvalue weighted by Gasteiger charge is 2.19. The van der Waals surface area contributed by atoms with Gasteiger partial charge in [-0.2, -0.15) is 0 Å². The summed E-state index contributed by atoms with van der Waals surface area (Å²) in [5.41, 5.74) is 2.97. The predicted octanol–water partition coefficient (Wildman–Crippen LogP) is 3.78. The van der Waals surface area contributed by atoms with Crippen LogP contribution in [0.2, 0.25) is 0 Å². The number of hydrogen-bond donors (Lipinski definition) is 0. The molecule has 0 saturated carbocycles. The smallest absolute Gasteiger partial charge is 0.140 e. The van der Waals surface area contributed by atoms with Gasteiger partial charge in [-0.15, -0.1) is 5.75 Å². The zero-order valence-corrected chi connectivity index (χ0v) is 12.6. The summed E-state index contributed by atoms with van der Waals surface area (Å²) < 4.78 is 0.679. The second-order valence-electron chi connectivity index (χ2n) is 6.19. The Labute approximate surface area is 125 Å². The van der Waals surface area contributed by atoms with Crippen LogP contribution in [-0.4, -0.2) is 21.1 Å². The van der Waals surface area contributed by atoms with E-state index in [-0.39, 0.29) is 5.75 Å². The standard InChI is InChI=1S/C19H19NO/c1-20(2,3)17-11-7-6-10-16(17)19-15-9-5-4-8-14(15)12-13-18(19)21/h4-13H,1-3H3. The lowest BCUT2D eigenvalue weighted by molar-refractivity contribution is -0.267. The Bertz CT molecular complexity index is 800. The summed E-state index contributed by atoms with van der Waals surface area (Å²) in [4.78, 5) is 0. The van der Waals surface area contributed by atoms with Gasteiger partial charge < -0.3 is 5.11 Å². The monoisotopic (exact) mass is 277 g/mol. The Balaban J connectivity index is 2.39. The minimum atomic E-state index is 0.0783. The van der Waals surface area contributed by atoms with Crippen LogP contribution >= 0.6 is 0 Å². The van der Waals surface area contributed by atoms with E-state index in [1.54, 1.807) is 6.07 Å². The van der Waals surface area contributed by atoms with E-state index >= 15 is 0 Å².